The van der Waals surface area contributed by atoms with Crippen molar-refractivity contribution in [2.45, 2.75) is 24.9 Å². The number of nitrogens with one attached hydrogen (secondary N) is 1. The third-order valence-electron chi connectivity index (χ3n) is 2.40. The average molecular weight is 227 g/mol. The number of carbonyl (C=O) groups excluding carboxylic acids is 1. The molecule has 1 N–H and O–H groups in total. The minimum absolute atomic E-state index is 0.133. The van der Waals surface area contributed by atoms with E-state index in [-0.39, 0.29) is 17.3 Å². The van der Waals surface area contributed by atoms with Gasteiger partial charge in [-0.05, 0) is 0 Å². The van der Waals surface area contributed by atoms with Crippen LogP contribution in [0, 0.1) is 10.1 Å². The van der Waals surface area contributed by atoms with E-state index in [1.54, 1.807) is 11.7 Å². The van der Waals surface area contributed by atoms with E-state index in [1.807, 2.05) is 0 Å². The van der Waals surface area contributed by atoms with E-state index in [1.165, 1.54) is 11.3 Å². The summed E-state index contributed by atoms with van der Waals surface area (Å²) in [5.74, 6) is -0.133. The first-order chi connectivity index (χ1) is 7.18. The summed E-state index contributed by atoms with van der Waals surface area (Å²) in [5.41, 5.74) is 1.60. The van der Waals surface area contributed by atoms with Crippen LogP contribution < -0.4 is 5.32 Å². The number of rotatable bonds is 2. The molecule has 2 rings (SSSR count). The molecule has 1 saturated heterocycles. The Balaban J connectivity index is 2.24. The monoisotopic (exact) mass is 227 g/mol. The number of aromatic nitrogens is 1. The van der Waals surface area contributed by atoms with Gasteiger partial charge in [-0.1, -0.05) is 0 Å². The Kier molecular flexibility index (Phi) is 2.63. The number of hydrogen-bond donors (Lipinski definition) is 1. The highest BCUT2D eigenvalue weighted by Gasteiger charge is 2.38. The summed E-state index contributed by atoms with van der Waals surface area (Å²) in [7, 11) is 0. The van der Waals surface area contributed by atoms with Crippen LogP contribution in [0.5, 0.6) is 0 Å². The van der Waals surface area contributed by atoms with Gasteiger partial charge < -0.3 is 5.32 Å². The summed E-state index contributed by atoms with van der Waals surface area (Å²) in [4.78, 5) is 26.3. The lowest BCUT2D eigenvalue weighted by molar-refractivity contribution is -0.529. The number of carbonyl (C=O) groups is 1. The molecule has 15 heavy (non-hydrogen) atoms. The van der Waals surface area contributed by atoms with Crippen molar-refractivity contribution in [3.63, 3.8) is 0 Å². The first-order valence-electron chi connectivity index (χ1n) is 4.49. The van der Waals surface area contributed by atoms with Gasteiger partial charge in [-0.2, -0.15) is 0 Å². The van der Waals surface area contributed by atoms with Gasteiger partial charge in [0, 0.05) is 24.0 Å². The Morgan fingerprint density at radius 1 is 1.67 bits per heavy atom. The summed E-state index contributed by atoms with van der Waals surface area (Å²) in [6.45, 7) is 0. The molecule has 0 radical (unpaired) electrons. The second-order valence-electron chi connectivity index (χ2n) is 3.34. The molecular formula is C8H9N3O3S. The van der Waals surface area contributed by atoms with Gasteiger partial charge in [0.25, 0.3) is 0 Å². The maximum Gasteiger partial charge on any atom is 0.238 e. The Morgan fingerprint density at radius 3 is 3.07 bits per heavy atom. The molecule has 0 aromatic carbocycles. The van der Waals surface area contributed by atoms with Crippen LogP contribution in [-0.4, -0.2) is 21.9 Å². The predicted octanol–water partition coefficient (Wildman–Crippen LogP) is 0.739. The average Bonchev–Trinajstić information content (AvgIpc) is 2.69. The molecule has 2 heterocycles. The van der Waals surface area contributed by atoms with Crippen LogP contribution in [0.4, 0.5) is 0 Å². The summed E-state index contributed by atoms with van der Waals surface area (Å²) in [5, 5.41) is 13.4. The molecular weight excluding hydrogens is 218 g/mol. The zero-order valence-corrected chi connectivity index (χ0v) is 8.57. The van der Waals surface area contributed by atoms with Gasteiger partial charge in [0.05, 0.1) is 10.4 Å². The number of nitro groups is 1. The SMILES string of the molecule is O=C1CC[C@H]([N+](=O)[O-])[C@@H](c2cncs2)N1. The Bertz CT molecular complexity index is 378. The molecule has 1 aromatic heterocycles. The van der Waals surface area contributed by atoms with Crippen molar-refractivity contribution in [1.82, 2.24) is 10.3 Å². The molecule has 0 spiro atoms. The number of hydrogen-bond acceptors (Lipinski definition) is 5. The lowest BCUT2D eigenvalue weighted by Gasteiger charge is -2.25. The normalized spacial score (nSPS) is 26.0. The molecule has 0 saturated carbocycles. The highest BCUT2D eigenvalue weighted by Crippen LogP contribution is 2.28. The first kappa shape index (κ1) is 10.0. The lowest BCUT2D eigenvalue weighted by atomic mass is 9.98. The summed E-state index contributed by atoms with van der Waals surface area (Å²) >= 11 is 1.32. The minimum atomic E-state index is -0.733. The summed E-state index contributed by atoms with van der Waals surface area (Å²) in [6.07, 6.45) is 2.08. The fraction of sp³-hybridized carbons (Fsp3) is 0.500. The number of nitrogens with zero attached hydrogens (tertiary/aromatic N) is 2. The molecule has 2 atom stereocenters. The second kappa shape index (κ2) is 3.93. The van der Waals surface area contributed by atoms with Crippen molar-refractivity contribution in [1.29, 1.82) is 0 Å². The number of thiazole rings is 1. The standard InChI is InChI=1S/C8H9N3O3S/c12-7-2-1-5(11(13)14)8(10-7)6-3-9-4-15-6/h3-5,8H,1-2H2,(H,10,12)/t5-,8-/m0/s1. The fourth-order valence-electron chi connectivity index (χ4n) is 1.65. The van der Waals surface area contributed by atoms with Crippen molar-refractivity contribution < 1.29 is 9.72 Å². The van der Waals surface area contributed by atoms with Crippen molar-refractivity contribution in [2.24, 2.45) is 0 Å². The quantitative estimate of drug-likeness (QED) is 0.596. The van der Waals surface area contributed by atoms with E-state index < -0.39 is 12.1 Å². The highest BCUT2D eigenvalue weighted by molar-refractivity contribution is 7.09. The van der Waals surface area contributed by atoms with Crippen molar-refractivity contribution in [3.05, 3.63) is 26.7 Å². The Labute approximate surface area is 89.5 Å². The Morgan fingerprint density at radius 2 is 2.47 bits per heavy atom. The van der Waals surface area contributed by atoms with E-state index >= 15 is 0 Å². The molecule has 80 valence electrons. The van der Waals surface area contributed by atoms with E-state index in [0.29, 0.717) is 6.42 Å². The first-order valence-corrected chi connectivity index (χ1v) is 5.37. The second-order valence-corrected chi connectivity index (χ2v) is 4.26. The highest BCUT2D eigenvalue weighted by atomic mass is 32.1. The topological polar surface area (TPSA) is 85.1 Å². The molecule has 1 aliphatic rings. The van der Waals surface area contributed by atoms with Crippen LogP contribution in [0.25, 0.3) is 0 Å². The molecule has 0 bridgehead atoms. The lowest BCUT2D eigenvalue weighted by Crippen LogP contribution is -2.44. The van der Waals surface area contributed by atoms with E-state index in [2.05, 4.69) is 10.3 Å². The van der Waals surface area contributed by atoms with Crippen LogP contribution >= 0.6 is 11.3 Å². The van der Waals surface area contributed by atoms with Gasteiger partial charge in [0.1, 0.15) is 6.04 Å². The van der Waals surface area contributed by atoms with Crippen molar-refractivity contribution >= 4 is 17.2 Å². The van der Waals surface area contributed by atoms with Crippen LogP contribution in [-0.2, 0) is 4.79 Å². The molecule has 1 fully saturated rings. The maximum atomic E-state index is 11.2. The fourth-order valence-corrected chi connectivity index (χ4v) is 2.38. The zero-order valence-electron chi connectivity index (χ0n) is 7.75. The van der Waals surface area contributed by atoms with Crippen LogP contribution in [0.2, 0.25) is 0 Å². The van der Waals surface area contributed by atoms with Gasteiger partial charge in [-0.15, -0.1) is 11.3 Å². The third-order valence-corrected chi connectivity index (χ3v) is 3.26. The van der Waals surface area contributed by atoms with Crippen LogP contribution in [0.1, 0.15) is 23.8 Å². The molecule has 6 nitrogen and oxygen atoms in total. The van der Waals surface area contributed by atoms with Crippen molar-refractivity contribution in [3.8, 4) is 0 Å². The van der Waals surface area contributed by atoms with Crippen LogP contribution in [0.15, 0.2) is 11.7 Å². The number of amides is 1. The molecule has 1 amide bonds. The van der Waals surface area contributed by atoms with E-state index in [9.17, 15) is 14.9 Å². The number of piperidine rings is 1. The van der Waals surface area contributed by atoms with E-state index in [0.717, 1.165) is 4.88 Å². The van der Waals surface area contributed by atoms with E-state index in [4.69, 9.17) is 0 Å². The molecule has 1 aromatic rings. The largest absolute Gasteiger partial charge is 0.342 e. The molecule has 1 aliphatic heterocycles. The smallest absolute Gasteiger partial charge is 0.238 e. The van der Waals surface area contributed by atoms with Gasteiger partial charge >= 0.3 is 0 Å². The van der Waals surface area contributed by atoms with Gasteiger partial charge in [-0.3, -0.25) is 19.9 Å². The van der Waals surface area contributed by atoms with Crippen LogP contribution in [0.3, 0.4) is 0 Å². The minimum Gasteiger partial charge on any atom is -0.342 e. The molecule has 0 aliphatic carbocycles. The summed E-state index contributed by atoms with van der Waals surface area (Å²) < 4.78 is 0. The third kappa shape index (κ3) is 1.96. The molecule has 7 heteroatoms. The molecule has 0 unspecified atom stereocenters. The van der Waals surface area contributed by atoms with Crippen molar-refractivity contribution in [2.75, 3.05) is 0 Å². The predicted molar refractivity (Wildman–Crippen MR) is 53.0 cm³/mol. The Hall–Kier alpha value is -1.50. The van der Waals surface area contributed by atoms with Gasteiger partial charge in [0.15, 0.2) is 0 Å². The zero-order chi connectivity index (χ0) is 10.8. The van der Waals surface area contributed by atoms with Gasteiger partial charge in [0.2, 0.25) is 11.9 Å². The summed E-state index contributed by atoms with van der Waals surface area (Å²) in [6, 6.07) is -1.25. The van der Waals surface area contributed by atoms with Gasteiger partial charge in [-0.25, -0.2) is 0 Å². The maximum absolute atomic E-state index is 11.2.